The average Bonchev–Trinajstić information content (AvgIpc) is 3.09. The van der Waals surface area contributed by atoms with Crippen LogP contribution in [0.5, 0.6) is 0 Å². The van der Waals surface area contributed by atoms with Gasteiger partial charge < -0.3 is 5.32 Å². The molecule has 2 aromatic heterocycles. The number of thioether (sulfide) groups is 1. The van der Waals surface area contributed by atoms with Crippen LogP contribution in [0.15, 0.2) is 21.4 Å². The third-order valence-electron chi connectivity index (χ3n) is 3.13. The fourth-order valence-electron chi connectivity index (χ4n) is 2.01. The molecule has 1 fully saturated rings. The van der Waals surface area contributed by atoms with Crippen molar-refractivity contribution in [3.63, 3.8) is 0 Å². The van der Waals surface area contributed by atoms with Crippen LogP contribution in [0.4, 0.5) is 4.79 Å². The Morgan fingerprint density at radius 2 is 2.33 bits per heavy atom. The summed E-state index contributed by atoms with van der Waals surface area (Å²) in [6, 6.07) is 1.41. The van der Waals surface area contributed by atoms with Crippen LogP contribution >= 0.6 is 23.1 Å². The summed E-state index contributed by atoms with van der Waals surface area (Å²) in [5, 5.41) is 4.86. The van der Waals surface area contributed by atoms with Gasteiger partial charge in [0.2, 0.25) is 5.91 Å². The highest BCUT2D eigenvalue weighted by Gasteiger charge is 2.26. The largest absolute Gasteiger partial charge is 0.336 e. The Hall–Kier alpha value is -1.87. The molecule has 3 amide bonds. The van der Waals surface area contributed by atoms with Crippen LogP contribution in [0.25, 0.3) is 10.2 Å². The number of thiophene rings is 1. The summed E-state index contributed by atoms with van der Waals surface area (Å²) in [6.07, 6.45) is 0. The second-order valence-electron chi connectivity index (χ2n) is 4.46. The topological polar surface area (TPSA) is 84.3 Å². The summed E-state index contributed by atoms with van der Waals surface area (Å²) in [5.74, 6) is -0.210. The number of amides is 3. The maximum absolute atomic E-state index is 12.1. The van der Waals surface area contributed by atoms with E-state index in [1.54, 1.807) is 13.1 Å². The van der Waals surface area contributed by atoms with Gasteiger partial charge in [0, 0.05) is 20.1 Å². The van der Waals surface area contributed by atoms with Gasteiger partial charge in [-0.2, -0.15) is 0 Å². The lowest BCUT2D eigenvalue weighted by atomic mass is 10.5. The van der Waals surface area contributed by atoms with Crippen molar-refractivity contribution in [2.45, 2.75) is 5.16 Å². The highest BCUT2D eigenvalue weighted by molar-refractivity contribution is 7.99. The third kappa shape index (κ3) is 2.54. The number of hydrogen-bond donors (Lipinski definition) is 1. The van der Waals surface area contributed by atoms with Crippen molar-refractivity contribution in [2.24, 2.45) is 7.05 Å². The highest BCUT2D eigenvalue weighted by atomic mass is 32.2. The Kier molecular flexibility index (Phi) is 3.68. The van der Waals surface area contributed by atoms with Crippen LogP contribution in [0.1, 0.15) is 0 Å². The van der Waals surface area contributed by atoms with E-state index in [9.17, 15) is 14.4 Å². The van der Waals surface area contributed by atoms with Crippen molar-refractivity contribution in [3.8, 4) is 0 Å². The fraction of sp³-hybridized carbons (Fsp3) is 0.333. The fourth-order valence-corrected chi connectivity index (χ4v) is 3.66. The van der Waals surface area contributed by atoms with E-state index < -0.39 is 0 Å². The molecule has 1 saturated heterocycles. The molecule has 2 aromatic rings. The number of rotatable bonds is 3. The van der Waals surface area contributed by atoms with Gasteiger partial charge in [0.05, 0.1) is 11.3 Å². The van der Waals surface area contributed by atoms with E-state index in [-0.39, 0.29) is 23.3 Å². The molecule has 110 valence electrons. The minimum atomic E-state index is -0.365. The Morgan fingerprint density at radius 3 is 3.05 bits per heavy atom. The van der Waals surface area contributed by atoms with Gasteiger partial charge >= 0.3 is 6.03 Å². The van der Waals surface area contributed by atoms with E-state index in [4.69, 9.17) is 0 Å². The lowest BCUT2D eigenvalue weighted by molar-refractivity contribution is -0.124. The predicted octanol–water partition coefficient (Wildman–Crippen LogP) is 0.639. The van der Waals surface area contributed by atoms with Crippen molar-refractivity contribution in [1.82, 2.24) is 19.8 Å². The van der Waals surface area contributed by atoms with Gasteiger partial charge in [-0.1, -0.05) is 11.8 Å². The summed E-state index contributed by atoms with van der Waals surface area (Å²) in [4.78, 5) is 41.1. The monoisotopic (exact) mass is 324 g/mol. The second kappa shape index (κ2) is 5.49. The molecule has 1 aliphatic heterocycles. The summed E-state index contributed by atoms with van der Waals surface area (Å²) >= 11 is 2.51. The minimum absolute atomic E-state index is 0.0728. The molecule has 0 radical (unpaired) electrons. The first kappa shape index (κ1) is 14.1. The Balaban J connectivity index is 1.79. The molecule has 7 nitrogen and oxygen atoms in total. The van der Waals surface area contributed by atoms with Crippen molar-refractivity contribution in [3.05, 3.63) is 21.8 Å². The van der Waals surface area contributed by atoms with Crippen LogP contribution in [0.2, 0.25) is 0 Å². The van der Waals surface area contributed by atoms with Crippen LogP contribution in [0.3, 0.4) is 0 Å². The molecular weight excluding hydrogens is 312 g/mol. The summed E-state index contributed by atoms with van der Waals surface area (Å²) in [7, 11) is 1.63. The van der Waals surface area contributed by atoms with Gasteiger partial charge in [0.15, 0.2) is 5.16 Å². The summed E-state index contributed by atoms with van der Waals surface area (Å²) < 4.78 is 2.04. The quantitative estimate of drug-likeness (QED) is 0.661. The van der Waals surface area contributed by atoms with Gasteiger partial charge in [0.25, 0.3) is 5.56 Å². The third-order valence-corrected chi connectivity index (χ3v) is 5.04. The number of carbonyl (C=O) groups is 2. The number of hydrogen-bond acceptors (Lipinski definition) is 6. The molecule has 1 N–H and O–H groups in total. The number of imide groups is 1. The smallest absolute Gasteiger partial charge is 0.324 e. The first-order valence-electron chi connectivity index (χ1n) is 6.23. The molecule has 0 aliphatic carbocycles. The Labute approximate surface area is 128 Å². The number of nitrogens with zero attached hydrogens (tertiary/aromatic N) is 3. The van der Waals surface area contributed by atoms with E-state index in [0.717, 1.165) is 11.8 Å². The molecule has 0 unspecified atom stereocenters. The van der Waals surface area contributed by atoms with Crippen molar-refractivity contribution in [1.29, 1.82) is 0 Å². The normalized spacial score (nSPS) is 14.7. The number of carbonyl (C=O) groups excluding carboxylic acids is 2. The molecule has 0 saturated carbocycles. The molecule has 0 bridgehead atoms. The Morgan fingerprint density at radius 1 is 1.52 bits per heavy atom. The molecule has 9 heteroatoms. The van der Waals surface area contributed by atoms with Crippen LogP contribution in [-0.2, 0) is 11.8 Å². The van der Waals surface area contributed by atoms with Gasteiger partial charge in [-0.3, -0.25) is 19.1 Å². The zero-order chi connectivity index (χ0) is 15.0. The van der Waals surface area contributed by atoms with Crippen LogP contribution in [-0.4, -0.2) is 45.2 Å². The molecule has 21 heavy (non-hydrogen) atoms. The SMILES string of the molecule is Cn1c(SCC(=O)N2CCNC2=O)nc2ccsc2c1=O. The van der Waals surface area contributed by atoms with Crippen LogP contribution < -0.4 is 10.9 Å². The Bertz CT molecular complexity index is 782. The first-order chi connectivity index (χ1) is 10.1. The number of fused-ring (bicyclic) bond motifs is 1. The zero-order valence-electron chi connectivity index (χ0n) is 11.2. The molecule has 3 rings (SSSR count). The van der Waals surface area contributed by atoms with Gasteiger partial charge in [0.1, 0.15) is 4.70 Å². The van der Waals surface area contributed by atoms with Gasteiger partial charge in [-0.05, 0) is 11.4 Å². The van der Waals surface area contributed by atoms with E-state index in [2.05, 4.69) is 10.3 Å². The molecule has 1 aliphatic rings. The highest BCUT2D eigenvalue weighted by Crippen LogP contribution is 2.20. The van der Waals surface area contributed by atoms with Gasteiger partial charge in [-0.25, -0.2) is 9.78 Å². The van der Waals surface area contributed by atoms with E-state index in [0.29, 0.717) is 28.5 Å². The summed E-state index contributed by atoms with van der Waals surface area (Å²) in [5.41, 5.74) is 0.515. The predicted molar refractivity (Wildman–Crippen MR) is 80.7 cm³/mol. The molecule has 0 atom stereocenters. The number of urea groups is 1. The second-order valence-corrected chi connectivity index (χ2v) is 6.32. The zero-order valence-corrected chi connectivity index (χ0v) is 12.8. The molecule has 0 aromatic carbocycles. The standard InChI is InChI=1S/C12H12N4O3S2/c1-15-10(18)9-7(2-5-20-9)14-12(15)21-6-8(17)16-4-3-13-11(16)19/h2,5H,3-4,6H2,1H3,(H,13,19). The number of nitrogens with one attached hydrogen (secondary N) is 1. The van der Waals surface area contributed by atoms with Crippen molar-refractivity contribution < 1.29 is 9.59 Å². The van der Waals surface area contributed by atoms with Crippen LogP contribution in [0, 0.1) is 0 Å². The number of aromatic nitrogens is 2. The van der Waals surface area contributed by atoms with E-state index in [1.807, 2.05) is 5.38 Å². The van der Waals surface area contributed by atoms with E-state index in [1.165, 1.54) is 20.8 Å². The summed E-state index contributed by atoms with van der Waals surface area (Å²) in [6.45, 7) is 0.862. The van der Waals surface area contributed by atoms with Gasteiger partial charge in [-0.15, -0.1) is 11.3 Å². The first-order valence-corrected chi connectivity index (χ1v) is 8.09. The maximum atomic E-state index is 12.1. The van der Waals surface area contributed by atoms with Crippen molar-refractivity contribution in [2.75, 3.05) is 18.8 Å². The molecule has 0 spiro atoms. The lowest BCUT2D eigenvalue weighted by Gasteiger charge is -2.12. The minimum Gasteiger partial charge on any atom is -0.336 e. The van der Waals surface area contributed by atoms with E-state index >= 15 is 0 Å². The lowest BCUT2D eigenvalue weighted by Crippen LogP contribution is -2.35. The molecular formula is C12H12N4O3S2. The maximum Gasteiger partial charge on any atom is 0.324 e. The van der Waals surface area contributed by atoms with Crippen molar-refractivity contribution >= 4 is 45.3 Å². The average molecular weight is 324 g/mol. The molecule has 3 heterocycles.